The van der Waals surface area contributed by atoms with Gasteiger partial charge in [0.15, 0.2) is 0 Å². The van der Waals surface area contributed by atoms with E-state index in [4.69, 9.17) is 9.72 Å². The fourth-order valence-electron chi connectivity index (χ4n) is 4.59. The minimum Gasteiger partial charge on any atom is -0.494 e. The van der Waals surface area contributed by atoms with Crippen LogP contribution in [0.15, 0.2) is 48.5 Å². The molecule has 0 unspecified atom stereocenters. The van der Waals surface area contributed by atoms with Crippen LogP contribution in [0.5, 0.6) is 5.75 Å². The molecule has 2 aliphatic heterocycles. The molecular weight excluding hydrogens is 410 g/mol. The first-order chi connectivity index (χ1) is 15.1. The molecule has 2 saturated heterocycles. The molecule has 5 rings (SSSR count). The third kappa shape index (κ3) is 3.83. The normalized spacial score (nSPS) is 22.4. The molecule has 0 radical (unpaired) electrons. The number of rotatable bonds is 5. The van der Waals surface area contributed by atoms with Crippen LogP contribution in [0, 0.1) is 0 Å². The van der Waals surface area contributed by atoms with Gasteiger partial charge in [-0.2, -0.15) is 0 Å². The molecule has 0 N–H and O–H groups in total. The number of carbonyl (C=O) groups is 2. The van der Waals surface area contributed by atoms with Gasteiger partial charge in [-0.1, -0.05) is 12.1 Å². The van der Waals surface area contributed by atoms with E-state index in [0.717, 1.165) is 42.2 Å². The number of aromatic nitrogens is 1. The molecule has 0 saturated carbocycles. The fraction of sp³-hybridized carbons (Fsp3) is 0.375. The highest BCUT2D eigenvalue weighted by Crippen LogP contribution is 2.35. The molecule has 2 atom stereocenters. The van der Waals surface area contributed by atoms with Crippen molar-refractivity contribution < 1.29 is 14.3 Å². The Morgan fingerprint density at radius 2 is 1.94 bits per heavy atom. The summed E-state index contributed by atoms with van der Waals surface area (Å²) in [4.78, 5) is 34.3. The molecule has 0 aliphatic carbocycles. The number of ether oxygens (including phenoxy) is 1. The molecule has 2 amide bonds. The van der Waals surface area contributed by atoms with Gasteiger partial charge < -0.3 is 4.74 Å². The van der Waals surface area contributed by atoms with Crippen LogP contribution < -0.4 is 9.64 Å². The first-order valence-corrected chi connectivity index (χ1v) is 11.6. The molecule has 2 aliphatic rings. The number of amides is 2. The SMILES string of the molecule is CCOc1ccc(N2C(=O)C[C@@H](N3CCC[C@@H](c4nc5ccccc5s4)C3)C2=O)cc1. The quantitative estimate of drug-likeness (QED) is 0.562. The van der Waals surface area contributed by atoms with E-state index in [-0.39, 0.29) is 18.2 Å². The molecule has 31 heavy (non-hydrogen) atoms. The van der Waals surface area contributed by atoms with E-state index >= 15 is 0 Å². The number of anilines is 1. The lowest BCUT2D eigenvalue weighted by molar-refractivity contribution is -0.123. The maximum atomic E-state index is 13.2. The predicted octanol–water partition coefficient (Wildman–Crippen LogP) is 4.21. The number of fused-ring (bicyclic) bond motifs is 1. The predicted molar refractivity (Wildman–Crippen MR) is 122 cm³/mol. The van der Waals surface area contributed by atoms with E-state index in [9.17, 15) is 9.59 Å². The number of benzene rings is 2. The van der Waals surface area contributed by atoms with Gasteiger partial charge >= 0.3 is 0 Å². The zero-order chi connectivity index (χ0) is 21.4. The molecule has 6 nitrogen and oxygen atoms in total. The van der Waals surface area contributed by atoms with Gasteiger partial charge in [-0.25, -0.2) is 9.88 Å². The van der Waals surface area contributed by atoms with Crippen molar-refractivity contribution in [2.24, 2.45) is 0 Å². The minimum absolute atomic E-state index is 0.126. The van der Waals surface area contributed by atoms with E-state index < -0.39 is 6.04 Å². The second kappa shape index (κ2) is 8.40. The first kappa shape index (κ1) is 20.2. The summed E-state index contributed by atoms with van der Waals surface area (Å²) < 4.78 is 6.67. The standard InChI is InChI=1S/C24H25N3O3S/c1-2-30-18-11-9-17(10-12-18)27-22(28)14-20(24(27)29)26-13-5-6-16(15-26)23-25-19-7-3-4-8-21(19)31-23/h3-4,7-12,16,20H,2,5-6,13-15H2,1H3/t16-,20-/m1/s1. The monoisotopic (exact) mass is 435 g/mol. The van der Waals surface area contributed by atoms with Crippen molar-refractivity contribution in [3.63, 3.8) is 0 Å². The molecule has 3 heterocycles. The van der Waals surface area contributed by atoms with Crippen molar-refractivity contribution in [3.8, 4) is 5.75 Å². The Kier molecular flexibility index (Phi) is 5.46. The Morgan fingerprint density at radius 3 is 2.71 bits per heavy atom. The summed E-state index contributed by atoms with van der Waals surface area (Å²) in [6, 6.07) is 15.0. The number of para-hydroxylation sites is 1. The lowest BCUT2D eigenvalue weighted by Crippen LogP contribution is -2.46. The Hall–Kier alpha value is -2.77. The Labute approximate surface area is 185 Å². The highest BCUT2D eigenvalue weighted by atomic mass is 32.1. The number of nitrogens with zero attached hydrogens (tertiary/aromatic N) is 3. The van der Waals surface area contributed by atoms with E-state index in [1.54, 1.807) is 35.6 Å². The molecule has 0 bridgehead atoms. The van der Waals surface area contributed by atoms with E-state index in [1.165, 1.54) is 9.60 Å². The minimum atomic E-state index is -0.392. The number of carbonyl (C=O) groups excluding carboxylic acids is 2. The van der Waals surface area contributed by atoms with E-state index in [0.29, 0.717) is 18.2 Å². The van der Waals surface area contributed by atoms with Crippen LogP contribution in [0.25, 0.3) is 10.2 Å². The van der Waals surface area contributed by atoms with Crippen LogP contribution in [-0.4, -0.2) is 47.4 Å². The summed E-state index contributed by atoms with van der Waals surface area (Å²) in [6.45, 7) is 4.10. The van der Waals surface area contributed by atoms with E-state index in [1.807, 2.05) is 25.1 Å². The number of hydrogen-bond donors (Lipinski definition) is 0. The second-order valence-electron chi connectivity index (χ2n) is 8.07. The molecule has 2 aromatic carbocycles. The Morgan fingerprint density at radius 1 is 1.13 bits per heavy atom. The lowest BCUT2D eigenvalue weighted by Gasteiger charge is -2.34. The van der Waals surface area contributed by atoms with Crippen LogP contribution in [0.2, 0.25) is 0 Å². The van der Waals surface area contributed by atoms with Gasteiger partial charge in [0.05, 0.1) is 40.0 Å². The van der Waals surface area contributed by atoms with Crippen LogP contribution in [0.1, 0.15) is 37.1 Å². The van der Waals surface area contributed by atoms with Gasteiger partial charge in [-0.05, 0) is 62.7 Å². The number of likely N-dealkylation sites (tertiary alicyclic amines) is 1. The zero-order valence-electron chi connectivity index (χ0n) is 17.5. The van der Waals surface area contributed by atoms with Crippen LogP contribution in [0.4, 0.5) is 5.69 Å². The molecule has 7 heteroatoms. The van der Waals surface area contributed by atoms with Gasteiger partial charge in [0.25, 0.3) is 5.91 Å². The summed E-state index contributed by atoms with van der Waals surface area (Å²) in [5, 5.41) is 1.13. The zero-order valence-corrected chi connectivity index (χ0v) is 18.3. The maximum absolute atomic E-state index is 13.2. The van der Waals surface area contributed by atoms with Gasteiger partial charge in [-0.3, -0.25) is 14.5 Å². The average molecular weight is 436 g/mol. The number of imide groups is 1. The van der Waals surface area contributed by atoms with Gasteiger partial charge in [-0.15, -0.1) is 11.3 Å². The highest BCUT2D eigenvalue weighted by Gasteiger charge is 2.44. The van der Waals surface area contributed by atoms with Gasteiger partial charge in [0.1, 0.15) is 5.75 Å². The Bertz CT molecular complexity index is 1080. The molecular formula is C24H25N3O3S. The molecule has 3 aromatic rings. The number of piperidine rings is 1. The number of thiazole rings is 1. The Balaban J connectivity index is 1.32. The topological polar surface area (TPSA) is 62.7 Å². The third-order valence-electron chi connectivity index (χ3n) is 6.08. The van der Waals surface area contributed by atoms with Crippen LogP contribution >= 0.6 is 11.3 Å². The van der Waals surface area contributed by atoms with Crippen molar-refractivity contribution in [1.29, 1.82) is 0 Å². The summed E-state index contributed by atoms with van der Waals surface area (Å²) in [5.41, 5.74) is 1.65. The summed E-state index contributed by atoms with van der Waals surface area (Å²) in [7, 11) is 0. The smallest absolute Gasteiger partial charge is 0.251 e. The summed E-state index contributed by atoms with van der Waals surface area (Å²) >= 11 is 1.74. The molecule has 160 valence electrons. The van der Waals surface area contributed by atoms with Crippen molar-refractivity contribution in [2.75, 3.05) is 24.6 Å². The van der Waals surface area contributed by atoms with Gasteiger partial charge in [0.2, 0.25) is 5.91 Å². The second-order valence-corrected chi connectivity index (χ2v) is 9.13. The van der Waals surface area contributed by atoms with Crippen molar-refractivity contribution in [2.45, 2.75) is 38.1 Å². The van der Waals surface area contributed by atoms with E-state index in [2.05, 4.69) is 11.0 Å². The van der Waals surface area contributed by atoms with Crippen molar-refractivity contribution in [3.05, 3.63) is 53.5 Å². The average Bonchev–Trinajstić information content (AvgIpc) is 3.35. The summed E-state index contributed by atoms with van der Waals surface area (Å²) in [6.07, 6.45) is 2.30. The van der Waals surface area contributed by atoms with Crippen molar-refractivity contribution in [1.82, 2.24) is 9.88 Å². The van der Waals surface area contributed by atoms with Crippen LogP contribution in [-0.2, 0) is 9.59 Å². The fourth-order valence-corrected chi connectivity index (χ4v) is 5.68. The third-order valence-corrected chi connectivity index (χ3v) is 7.28. The molecule has 1 aromatic heterocycles. The number of hydrogen-bond acceptors (Lipinski definition) is 6. The first-order valence-electron chi connectivity index (χ1n) is 10.8. The van der Waals surface area contributed by atoms with Crippen molar-refractivity contribution >= 4 is 39.1 Å². The maximum Gasteiger partial charge on any atom is 0.251 e. The largest absolute Gasteiger partial charge is 0.494 e. The molecule has 2 fully saturated rings. The highest BCUT2D eigenvalue weighted by molar-refractivity contribution is 7.18. The van der Waals surface area contributed by atoms with Gasteiger partial charge in [0, 0.05) is 12.5 Å². The molecule has 0 spiro atoms. The lowest BCUT2D eigenvalue weighted by atomic mass is 9.97. The van der Waals surface area contributed by atoms with Crippen LogP contribution in [0.3, 0.4) is 0 Å². The summed E-state index contributed by atoms with van der Waals surface area (Å²) in [5.74, 6) is 0.769.